The van der Waals surface area contributed by atoms with Crippen molar-refractivity contribution in [1.29, 1.82) is 0 Å². The van der Waals surface area contributed by atoms with E-state index < -0.39 is 5.54 Å². The van der Waals surface area contributed by atoms with Gasteiger partial charge in [0.05, 0.1) is 6.54 Å². The number of unbranched alkanes of at least 4 members (excludes halogenated alkanes) is 4. The predicted molar refractivity (Wildman–Crippen MR) is 127 cm³/mol. The first-order valence-electron chi connectivity index (χ1n) is 12.3. The van der Waals surface area contributed by atoms with Crippen molar-refractivity contribution in [3.8, 4) is 0 Å². The van der Waals surface area contributed by atoms with E-state index in [1.165, 1.54) is 37.0 Å². The van der Waals surface area contributed by atoms with Gasteiger partial charge in [0.1, 0.15) is 5.54 Å². The largest absolute Gasteiger partial charge is 0.357 e. The highest BCUT2D eigenvalue weighted by Gasteiger charge is 2.36. The molecule has 0 radical (unpaired) electrons. The van der Waals surface area contributed by atoms with Gasteiger partial charge in [-0.25, -0.2) is 0 Å². The first kappa shape index (κ1) is 27.4. The van der Waals surface area contributed by atoms with Gasteiger partial charge in [-0.2, -0.15) is 0 Å². The molecule has 0 aromatic carbocycles. The van der Waals surface area contributed by atoms with Crippen molar-refractivity contribution < 1.29 is 14.4 Å². The molecule has 0 aliphatic heterocycles. The standard InChI is InChI=1S/C25H47N3O3/c1-8-9-10-11-12-16-28(18-22(29)27(7)25(4,5)24(31)26-6)23(30)20(3)19(2)17-21-14-13-15-21/h19-21H,8-18H2,1-7H3,(H,26,31). The molecular formula is C25H47N3O3. The summed E-state index contributed by atoms with van der Waals surface area (Å²) in [5, 5.41) is 2.62. The van der Waals surface area contributed by atoms with Gasteiger partial charge in [0.15, 0.2) is 0 Å². The lowest BCUT2D eigenvalue weighted by Gasteiger charge is -2.36. The van der Waals surface area contributed by atoms with Crippen LogP contribution < -0.4 is 5.32 Å². The lowest BCUT2D eigenvalue weighted by molar-refractivity contribution is -0.148. The molecule has 1 rings (SSSR count). The minimum absolute atomic E-state index is 0.0318. The summed E-state index contributed by atoms with van der Waals surface area (Å²) in [6.07, 6.45) is 10.5. The molecule has 1 fully saturated rings. The molecule has 0 bridgehead atoms. The van der Waals surface area contributed by atoms with Crippen LogP contribution in [0.2, 0.25) is 0 Å². The molecule has 0 spiro atoms. The molecule has 1 saturated carbocycles. The van der Waals surface area contributed by atoms with Crippen LogP contribution in [0.1, 0.15) is 92.4 Å². The Morgan fingerprint density at radius 1 is 1.06 bits per heavy atom. The van der Waals surface area contributed by atoms with Gasteiger partial charge >= 0.3 is 0 Å². The third-order valence-electron chi connectivity index (χ3n) is 7.34. The molecule has 1 N–H and O–H groups in total. The number of rotatable bonds is 14. The van der Waals surface area contributed by atoms with Crippen molar-refractivity contribution in [3.05, 3.63) is 0 Å². The summed E-state index contributed by atoms with van der Waals surface area (Å²) in [6.45, 7) is 10.5. The Labute approximate surface area is 190 Å². The number of likely N-dealkylation sites (N-methyl/N-ethyl adjacent to an activating group) is 2. The summed E-state index contributed by atoms with van der Waals surface area (Å²) in [5.41, 5.74) is -0.967. The molecule has 0 saturated heterocycles. The lowest BCUT2D eigenvalue weighted by Crippen LogP contribution is -2.57. The van der Waals surface area contributed by atoms with Crippen LogP contribution >= 0.6 is 0 Å². The highest BCUT2D eigenvalue weighted by Crippen LogP contribution is 2.34. The molecular weight excluding hydrogens is 390 g/mol. The normalized spacial score (nSPS) is 16.2. The van der Waals surface area contributed by atoms with Crippen LogP contribution in [0.4, 0.5) is 0 Å². The quantitative estimate of drug-likeness (QED) is 0.413. The van der Waals surface area contributed by atoms with E-state index in [1.54, 1.807) is 32.8 Å². The van der Waals surface area contributed by atoms with Gasteiger partial charge in [-0.05, 0) is 38.5 Å². The summed E-state index contributed by atoms with van der Waals surface area (Å²) in [4.78, 5) is 41.8. The van der Waals surface area contributed by atoms with E-state index in [0.29, 0.717) is 12.5 Å². The van der Waals surface area contributed by atoms with Crippen LogP contribution in [0, 0.1) is 17.8 Å². The first-order chi connectivity index (χ1) is 14.6. The monoisotopic (exact) mass is 437 g/mol. The van der Waals surface area contributed by atoms with Crippen LogP contribution in [0.15, 0.2) is 0 Å². The van der Waals surface area contributed by atoms with Gasteiger partial charge in [0.25, 0.3) is 0 Å². The second-order valence-electron chi connectivity index (χ2n) is 10.1. The predicted octanol–water partition coefficient (Wildman–Crippen LogP) is 4.23. The fourth-order valence-corrected chi connectivity index (χ4v) is 4.20. The van der Waals surface area contributed by atoms with Crippen molar-refractivity contribution >= 4 is 17.7 Å². The maximum Gasteiger partial charge on any atom is 0.245 e. The molecule has 1 aliphatic carbocycles. The van der Waals surface area contributed by atoms with Crippen LogP contribution in [0.25, 0.3) is 0 Å². The molecule has 1 aliphatic rings. The Balaban J connectivity index is 2.82. The van der Waals surface area contributed by atoms with E-state index >= 15 is 0 Å². The zero-order valence-electron chi connectivity index (χ0n) is 21.1. The Kier molecular flexibility index (Phi) is 11.6. The molecule has 6 heteroatoms. The summed E-state index contributed by atoms with van der Waals surface area (Å²) in [5.74, 6) is 0.630. The van der Waals surface area contributed by atoms with Crippen molar-refractivity contribution in [2.45, 2.75) is 97.9 Å². The van der Waals surface area contributed by atoms with Gasteiger partial charge in [-0.1, -0.05) is 65.7 Å². The minimum atomic E-state index is -0.967. The van der Waals surface area contributed by atoms with E-state index in [4.69, 9.17) is 0 Å². The fourth-order valence-electron chi connectivity index (χ4n) is 4.20. The number of carbonyl (C=O) groups excluding carboxylic acids is 3. The van der Waals surface area contributed by atoms with Crippen LogP contribution in [0.3, 0.4) is 0 Å². The highest BCUT2D eigenvalue weighted by molar-refractivity contribution is 5.92. The van der Waals surface area contributed by atoms with Crippen molar-refractivity contribution in [3.63, 3.8) is 0 Å². The van der Waals surface area contributed by atoms with Crippen LogP contribution in [-0.2, 0) is 14.4 Å². The van der Waals surface area contributed by atoms with E-state index in [0.717, 1.165) is 31.6 Å². The summed E-state index contributed by atoms with van der Waals surface area (Å²) in [7, 11) is 3.21. The molecule has 0 aromatic rings. The zero-order chi connectivity index (χ0) is 23.6. The molecule has 180 valence electrons. The molecule has 0 aromatic heterocycles. The summed E-state index contributed by atoms with van der Waals surface area (Å²) in [6, 6.07) is 0. The van der Waals surface area contributed by atoms with Crippen LogP contribution in [-0.4, -0.2) is 60.2 Å². The fraction of sp³-hybridized carbons (Fsp3) is 0.880. The molecule has 6 nitrogen and oxygen atoms in total. The molecule has 0 heterocycles. The second kappa shape index (κ2) is 13.1. The smallest absolute Gasteiger partial charge is 0.245 e. The van der Waals surface area contributed by atoms with Crippen molar-refractivity contribution in [1.82, 2.24) is 15.1 Å². The molecule has 3 amide bonds. The molecule has 31 heavy (non-hydrogen) atoms. The van der Waals surface area contributed by atoms with Crippen molar-refractivity contribution in [2.75, 3.05) is 27.2 Å². The van der Waals surface area contributed by atoms with E-state index in [2.05, 4.69) is 19.2 Å². The number of carbonyl (C=O) groups is 3. The number of nitrogens with zero attached hydrogens (tertiary/aromatic N) is 2. The third-order valence-corrected chi connectivity index (χ3v) is 7.34. The molecule has 2 atom stereocenters. The number of nitrogens with one attached hydrogen (secondary N) is 1. The SMILES string of the molecule is CCCCCCCN(CC(=O)N(C)C(C)(C)C(=O)NC)C(=O)C(C)C(C)CC1CCC1. The zero-order valence-corrected chi connectivity index (χ0v) is 21.1. The number of hydrogen-bond donors (Lipinski definition) is 1. The second-order valence-corrected chi connectivity index (χ2v) is 10.1. The van der Waals surface area contributed by atoms with Gasteiger partial charge in [0, 0.05) is 26.6 Å². The average Bonchev–Trinajstić information content (AvgIpc) is 2.72. The Hall–Kier alpha value is -1.59. The lowest BCUT2D eigenvalue weighted by atomic mass is 9.76. The maximum absolute atomic E-state index is 13.4. The maximum atomic E-state index is 13.4. The van der Waals surface area contributed by atoms with Gasteiger partial charge in [-0.3, -0.25) is 14.4 Å². The van der Waals surface area contributed by atoms with E-state index in [9.17, 15) is 14.4 Å². The highest BCUT2D eigenvalue weighted by atomic mass is 16.2. The summed E-state index contributed by atoms with van der Waals surface area (Å²) < 4.78 is 0. The first-order valence-corrected chi connectivity index (χ1v) is 12.3. The van der Waals surface area contributed by atoms with Gasteiger partial charge < -0.3 is 15.1 Å². The molecule has 2 unspecified atom stereocenters. The van der Waals surface area contributed by atoms with Crippen molar-refractivity contribution in [2.24, 2.45) is 17.8 Å². The van der Waals surface area contributed by atoms with E-state index in [1.807, 2.05) is 6.92 Å². The number of amides is 3. The Morgan fingerprint density at radius 3 is 2.19 bits per heavy atom. The number of hydrogen-bond acceptors (Lipinski definition) is 3. The van der Waals surface area contributed by atoms with Gasteiger partial charge in [0.2, 0.25) is 17.7 Å². The Morgan fingerprint density at radius 2 is 1.68 bits per heavy atom. The minimum Gasteiger partial charge on any atom is -0.357 e. The van der Waals surface area contributed by atoms with E-state index in [-0.39, 0.29) is 30.2 Å². The topological polar surface area (TPSA) is 69.7 Å². The van der Waals surface area contributed by atoms with Crippen LogP contribution in [0.5, 0.6) is 0 Å². The average molecular weight is 438 g/mol. The van der Waals surface area contributed by atoms with Gasteiger partial charge in [-0.15, -0.1) is 0 Å². The Bertz CT molecular complexity index is 587. The summed E-state index contributed by atoms with van der Waals surface area (Å²) >= 11 is 0. The third kappa shape index (κ3) is 8.12.